The summed E-state index contributed by atoms with van der Waals surface area (Å²) >= 11 is 0. The summed E-state index contributed by atoms with van der Waals surface area (Å²) in [4.78, 5) is 11.5. The van der Waals surface area contributed by atoms with Crippen LogP contribution >= 0.6 is 0 Å². The molecule has 18 heavy (non-hydrogen) atoms. The maximum Gasteiger partial charge on any atom is 0.319 e. The highest BCUT2D eigenvalue weighted by atomic mass is 16.2. The van der Waals surface area contributed by atoms with Gasteiger partial charge in [0.15, 0.2) is 0 Å². The third-order valence-electron chi connectivity index (χ3n) is 3.05. The van der Waals surface area contributed by atoms with Gasteiger partial charge in [-0.1, -0.05) is 32.4 Å². The molecule has 1 aliphatic carbocycles. The third-order valence-corrected chi connectivity index (χ3v) is 3.05. The quantitative estimate of drug-likeness (QED) is 0.835. The van der Waals surface area contributed by atoms with Crippen LogP contribution in [0.1, 0.15) is 38.7 Å². The summed E-state index contributed by atoms with van der Waals surface area (Å²) in [6.45, 7) is 6.81. The Kier molecular flexibility index (Phi) is 6.26. The Hall–Kier alpha value is -1.51. The van der Waals surface area contributed by atoms with Crippen LogP contribution in [0.2, 0.25) is 0 Å². The predicted molar refractivity (Wildman–Crippen MR) is 76.9 cm³/mol. The summed E-state index contributed by atoms with van der Waals surface area (Å²) in [7, 11) is 0. The van der Waals surface area contributed by atoms with Crippen molar-refractivity contribution < 1.29 is 4.79 Å². The van der Waals surface area contributed by atoms with Crippen molar-refractivity contribution in [1.29, 1.82) is 0 Å². The van der Waals surface area contributed by atoms with Crippen molar-refractivity contribution in [3.8, 4) is 0 Å². The molecule has 0 radical (unpaired) electrons. The third kappa shape index (κ3) is 4.78. The molecule has 2 rings (SSSR count). The smallest absolute Gasteiger partial charge is 0.319 e. The number of hydrogen-bond donors (Lipinski definition) is 2. The molecule has 1 aliphatic rings. The van der Waals surface area contributed by atoms with E-state index in [1.54, 1.807) is 0 Å². The molecule has 1 aromatic carbocycles. The molecule has 0 heterocycles. The van der Waals surface area contributed by atoms with Gasteiger partial charge in [0.05, 0.1) is 0 Å². The van der Waals surface area contributed by atoms with Crippen LogP contribution in [-0.2, 0) is 0 Å². The summed E-state index contributed by atoms with van der Waals surface area (Å²) in [5.41, 5.74) is 2.00. The average molecular weight is 248 g/mol. The van der Waals surface area contributed by atoms with E-state index in [1.165, 1.54) is 19.3 Å². The summed E-state index contributed by atoms with van der Waals surface area (Å²) in [5, 5.41) is 5.74. The van der Waals surface area contributed by atoms with Crippen LogP contribution in [0.5, 0.6) is 0 Å². The number of carbonyl (C=O) groups excluding carboxylic acids is 1. The van der Waals surface area contributed by atoms with E-state index < -0.39 is 0 Å². The highest BCUT2D eigenvalue weighted by Gasteiger charge is 2.17. The lowest BCUT2D eigenvalue weighted by molar-refractivity contribution is 0.243. The van der Waals surface area contributed by atoms with Crippen LogP contribution < -0.4 is 10.6 Å². The summed E-state index contributed by atoms with van der Waals surface area (Å²) in [6.07, 6.45) is 3.82. The van der Waals surface area contributed by atoms with Gasteiger partial charge in [-0.3, -0.25) is 0 Å². The van der Waals surface area contributed by atoms with Crippen molar-refractivity contribution >= 4 is 11.7 Å². The number of aryl methyl sites for hydroxylation is 1. The molecule has 1 fully saturated rings. The Balaban J connectivity index is 0.000000771. The van der Waals surface area contributed by atoms with Gasteiger partial charge in [0.2, 0.25) is 0 Å². The molecule has 1 aromatic rings. The molecule has 0 bridgehead atoms. The predicted octanol–water partition coefficient (Wildman–Crippen LogP) is 3.94. The normalized spacial score (nSPS) is 13.9. The van der Waals surface area contributed by atoms with Gasteiger partial charge in [0.1, 0.15) is 0 Å². The molecule has 0 aliphatic heterocycles. The van der Waals surface area contributed by atoms with Crippen molar-refractivity contribution in [3.63, 3.8) is 0 Å². The van der Waals surface area contributed by atoms with E-state index in [9.17, 15) is 4.79 Å². The molecule has 100 valence electrons. The van der Waals surface area contributed by atoms with Crippen molar-refractivity contribution in [2.24, 2.45) is 5.92 Å². The monoisotopic (exact) mass is 248 g/mol. The van der Waals surface area contributed by atoms with Gasteiger partial charge in [-0.2, -0.15) is 0 Å². The molecule has 0 spiro atoms. The number of urea groups is 1. The number of amides is 2. The molecular weight excluding hydrogens is 224 g/mol. The first-order valence-corrected chi connectivity index (χ1v) is 6.85. The number of hydrogen-bond acceptors (Lipinski definition) is 1. The molecular formula is C15H24N2O. The molecule has 0 unspecified atom stereocenters. The highest BCUT2D eigenvalue weighted by molar-refractivity contribution is 5.89. The maximum absolute atomic E-state index is 11.5. The van der Waals surface area contributed by atoms with E-state index in [1.807, 2.05) is 45.0 Å². The van der Waals surface area contributed by atoms with E-state index in [2.05, 4.69) is 10.6 Å². The zero-order chi connectivity index (χ0) is 13.4. The Morgan fingerprint density at radius 3 is 2.61 bits per heavy atom. The van der Waals surface area contributed by atoms with E-state index in [0.717, 1.165) is 17.8 Å². The van der Waals surface area contributed by atoms with Crippen molar-refractivity contribution in [1.82, 2.24) is 5.32 Å². The van der Waals surface area contributed by atoms with Crippen LogP contribution in [0.25, 0.3) is 0 Å². The first-order chi connectivity index (χ1) is 8.74. The standard InChI is InChI=1S/C13H18N2O.C2H6/c1-10-4-2-7-12(8-10)15-13(16)14-9-11-5-3-6-11;1-2/h2,4,7-8,11H,3,5-6,9H2,1H3,(H2,14,15,16);1-2H3. The lowest BCUT2D eigenvalue weighted by Gasteiger charge is -2.25. The molecule has 3 nitrogen and oxygen atoms in total. The number of carbonyl (C=O) groups is 1. The molecule has 2 N–H and O–H groups in total. The second-order valence-corrected chi connectivity index (χ2v) is 4.50. The zero-order valence-corrected chi connectivity index (χ0v) is 11.6. The molecule has 3 heteroatoms. The highest BCUT2D eigenvalue weighted by Crippen LogP contribution is 2.25. The minimum Gasteiger partial charge on any atom is -0.338 e. The Bertz CT molecular complexity index is 373. The van der Waals surface area contributed by atoms with Gasteiger partial charge in [0.25, 0.3) is 0 Å². The lowest BCUT2D eigenvalue weighted by atomic mass is 9.85. The fraction of sp³-hybridized carbons (Fsp3) is 0.533. The van der Waals surface area contributed by atoms with Gasteiger partial charge in [-0.05, 0) is 43.4 Å². The molecule has 1 saturated carbocycles. The van der Waals surface area contributed by atoms with Gasteiger partial charge in [-0.25, -0.2) is 4.79 Å². The van der Waals surface area contributed by atoms with Crippen LogP contribution in [0.3, 0.4) is 0 Å². The van der Waals surface area contributed by atoms with Crippen molar-refractivity contribution in [3.05, 3.63) is 29.8 Å². The van der Waals surface area contributed by atoms with E-state index in [4.69, 9.17) is 0 Å². The second-order valence-electron chi connectivity index (χ2n) is 4.50. The Morgan fingerprint density at radius 1 is 1.33 bits per heavy atom. The largest absolute Gasteiger partial charge is 0.338 e. The minimum absolute atomic E-state index is 0.0995. The first-order valence-electron chi connectivity index (χ1n) is 6.85. The topological polar surface area (TPSA) is 41.1 Å². The van der Waals surface area contributed by atoms with Crippen LogP contribution in [-0.4, -0.2) is 12.6 Å². The summed E-state index contributed by atoms with van der Waals surface area (Å²) in [6, 6.07) is 7.71. The summed E-state index contributed by atoms with van der Waals surface area (Å²) in [5.74, 6) is 0.697. The van der Waals surface area contributed by atoms with Gasteiger partial charge in [-0.15, -0.1) is 0 Å². The molecule has 2 amide bonds. The zero-order valence-electron chi connectivity index (χ0n) is 11.6. The number of rotatable bonds is 3. The van der Waals surface area contributed by atoms with Crippen LogP contribution in [0, 0.1) is 12.8 Å². The Labute approximate surface area is 110 Å². The second kappa shape index (κ2) is 7.75. The molecule has 0 saturated heterocycles. The lowest BCUT2D eigenvalue weighted by Crippen LogP contribution is -2.35. The molecule has 0 atom stereocenters. The SMILES string of the molecule is CC.Cc1cccc(NC(=O)NCC2CCC2)c1. The fourth-order valence-corrected chi connectivity index (χ4v) is 1.83. The molecule has 0 aromatic heterocycles. The van der Waals surface area contributed by atoms with Crippen molar-refractivity contribution in [2.75, 3.05) is 11.9 Å². The average Bonchev–Trinajstić information content (AvgIpc) is 2.29. The van der Waals surface area contributed by atoms with E-state index >= 15 is 0 Å². The number of anilines is 1. The van der Waals surface area contributed by atoms with Gasteiger partial charge >= 0.3 is 6.03 Å². The van der Waals surface area contributed by atoms with Gasteiger partial charge < -0.3 is 10.6 Å². The Morgan fingerprint density at radius 2 is 2.06 bits per heavy atom. The minimum atomic E-state index is -0.0995. The van der Waals surface area contributed by atoms with E-state index in [0.29, 0.717) is 5.92 Å². The maximum atomic E-state index is 11.5. The van der Waals surface area contributed by atoms with Crippen LogP contribution in [0.15, 0.2) is 24.3 Å². The first kappa shape index (κ1) is 14.6. The van der Waals surface area contributed by atoms with Crippen LogP contribution in [0.4, 0.5) is 10.5 Å². The van der Waals surface area contributed by atoms with Crippen molar-refractivity contribution in [2.45, 2.75) is 40.0 Å². The van der Waals surface area contributed by atoms with E-state index in [-0.39, 0.29) is 6.03 Å². The fourth-order valence-electron chi connectivity index (χ4n) is 1.83. The number of benzene rings is 1. The number of nitrogens with one attached hydrogen (secondary N) is 2. The van der Waals surface area contributed by atoms with Gasteiger partial charge in [0, 0.05) is 12.2 Å². The summed E-state index contributed by atoms with van der Waals surface area (Å²) < 4.78 is 0.